The maximum atomic E-state index is 12.8. The molecule has 1 N–H and O–H groups in total. The van der Waals surface area contributed by atoms with E-state index in [9.17, 15) is 9.59 Å². The average molecular weight is 485 g/mol. The number of imide groups is 1. The summed E-state index contributed by atoms with van der Waals surface area (Å²) in [6.45, 7) is 4.20. The number of halogens is 2. The Morgan fingerprint density at radius 2 is 1.70 bits per heavy atom. The minimum absolute atomic E-state index is 0.192. The van der Waals surface area contributed by atoms with Crippen LogP contribution in [0.1, 0.15) is 22.5 Å². The fourth-order valence-corrected chi connectivity index (χ4v) is 3.95. The molecule has 1 saturated heterocycles. The molecule has 1 aliphatic rings. The van der Waals surface area contributed by atoms with Crippen LogP contribution in [0.5, 0.6) is 0 Å². The van der Waals surface area contributed by atoms with E-state index in [1.165, 1.54) is 4.90 Å². The highest BCUT2D eigenvalue weighted by Crippen LogP contribution is 2.25. The number of urea groups is 1. The lowest BCUT2D eigenvalue weighted by Gasteiger charge is -2.11. The van der Waals surface area contributed by atoms with Crippen molar-refractivity contribution in [3.8, 4) is 5.69 Å². The Kier molecular flexibility index (Phi) is 5.54. The van der Waals surface area contributed by atoms with Crippen LogP contribution in [0.2, 0.25) is 5.02 Å². The summed E-state index contributed by atoms with van der Waals surface area (Å²) in [7, 11) is 0. The Bertz CT molecular complexity index is 1160. The molecule has 0 unspecified atom stereocenters. The molecule has 4 rings (SSSR count). The van der Waals surface area contributed by atoms with Crippen LogP contribution >= 0.6 is 27.5 Å². The van der Waals surface area contributed by atoms with Gasteiger partial charge in [0.25, 0.3) is 5.91 Å². The van der Waals surface area contributed by atoms with Gasteiger partial charge in [-0.25, -0.2) is 4.79 Å². The second-order valence-corrected chi connectivity index (χ2v) is 8.50. The molecular weight excluding hydrogens is 466 g/mol. The first kappa shape index (κ1) is 20.4. The zero-order valence-electron chi connectivity index (χ0n) is 16.4. The van der Waals surface area contributed by atoms with Crippen LogP contribution in [-0.2, 0) is 11.3 Å². The fraction of sp³-hybridized carbons (Fsp3) is 0.130. The molecule has 0 spiro atoms. The smallest absolute Gasteiger partial charge is 0.318 e. The molecule has 2 aromatic carbocycles. The van der Waals surface area contributed by atoms with E-state index in [0.29, 0.717) is 5.02 Å². The summed E-state index contributed by atoms with van der Waals surface area (Å²) >= 11 is 9.36. The normalized spacial score (nSPS) is 15.2. The number of aryl methyl sites for hydroxylation is 1. The van der Waals surface area contributed by atoms with Crippen molar-refractivity contribution in [2.45, 2.75) is 20.4 Å². The number of hydrogen-bond donors (Lipinski definition) is 1. The van der Waals surface area contributed by atoms with Gasteiger partial charge in [0.2, 0.25) is 0 Å². The Balaban J connectivity index is 1.61. The van der Waals surface area contributed by atoms with E-state index in [0.717, 1.165) is 32.7 Å². The SMILES string of the molecule is Cc1cc(C=C2NC(=O)N(Cc3ccc(Cl)cc3)C2=O)c(C)n1-c1ccc(Br)cc1. The van der Waals surface area contributed by atoms with E-state index in [-0.39, 0.29) is 18.1 Å². The lowest BCUT2D eigenvalue weighted by molar-refractivity contribution is -0.123. The van der Waals surface area contributed by atoms with Crippen molar-refractivity contribution >= 4 is 45.5 Å². The second kappa shape index (κ2) is 8.13. The lowest BCUT2D eigenvalue weighted by Crippen LogP contribution is -2.30. The maximum absolute atomic E-state index is 12.8. The zero-order valence-corrected chi connectivity index (χ0v) is 18.8. The van der Waals surface area contributed by atoms with Gasteiger partial charge >= 0.3 is 6.03 Å². The van der Waals surface area contributed by atoms with Crippen LogP contribution in [0.3, 0.4) is 0 Å². The summed E-state index contributed by atoms with van der Waals surface area (Å²) in [4.78, 5) is 26.4. The third-order valence-electron chi connectivity index (χ3n) is 5.07. The van der Waals surface area contributed by atoms with Crippen molar-refractivity contribution in [3.05, 3.63) is 92.3 Å². The van der Waals surface area contributed by atoms with Crippen molar-refractivity contribution in [1.29, 1.82) is 0 Å². The monoisotopic (exact) mass is 483 g/mol. The van der Waals surface area contributed by atoms with Crippen LogP contribution < -0.4 is 5.32 Å². The summed E-state index contributed by atoms with van der Waals surface area (Å²) in [6.07, 6.45) is 1.74. The largest absolute Gasteiger partial charge is 0.329 e. The number of carbonyl (C=O) groups is 2. The summed E-state index contributed by atoms with van der Waals surface area (Å²) in [5.74, 6) is -0.344. The minimum atomic E-state index is -0.428. The topological polar surface area (TPSA) is 54.3 Å². The third kappa shape index (κ3) is 3.93. The molecule has 1 fully saturated rings. The second-order valence-electron chi connectivity index (χ2n) is 7.14. The molecule has 3 aromatic rings. The van der Waals surface area contributed by atoms with E-state index in [4.69, 9.17) is 11.6 Å². The quantitative estimate of drug-likeness (QED) is 0.387. The van der Waals surface area contributed by atoms with Crippen LogP contribution in [0, 0.1) is 13.8 Å². The number of nitrogens with zero attached hydrogens (tertiary/aromatic N) is 2. The van der Waals surface area contributed by atoms with Gasteiger partial charge in [-0.05, 0) is 73.5 Å². The molecule has 3 amide bonds. The first-order valence-corrected chi connectivity index (χ1v) is 10.5. The highest BCUT2D eigenvalue weighted by molar-refractivity contribution is 9.10. The first-order chi connectivity index (χ1) is 14.3. The Morgan fingerprint density at radius 3 is 2.37 bits per heavy atom. The number of carbonyl (C=O) groups excluding carboxylic acids is 2. The predicted octanol–water partition coefficient (Wildman–Crippen LogP) is 5.60. The van der Waals surface area contributed by atoms with Crippen LogP contribution in [0.15, 0.2) is 64.8 Å². The van der Waals surface area contributed by atoms with Gasteiger partial charge < -0.3 is 9.88 Å². The summed E-state index contributed by atoms with van der Waals surface area (Å²) < 4.78 is 3.13. The molecule has 1 aromatic heterocycles. The molecule has 30 heavy (non-hydrogen) atoms. The van der Waals surface area contributed by atoms with Crippen LogP contribution in [0.25, 0.3) is 11.8 Å². The van der Waals surface area contributed by atoms with Gasteiger partial charge in [-0.3, -0.25) is 9.69 Å². The van der Waals surface area contributed by atoms with Crippen molar-refractivity contribution in [2.24, 2.45) is 0 Å². The van der Waals surface area contributed by atoms with Crippen molar-refractivity contribution in [3.63, 3.8) is 0 Å². The van der Waals surface area contributed by atoms with Crippen LogP contribution in [-0.4, -0.2) is 21.4 Å². The molecule has 7 heteroatoms. The lowest BCUT2D eigenvalue weighted by atomic mass is 10.2. The van der Waals surface area contributed by atoms with E-state index < -0.39 is 6.03 Å². The highest BCUT2D eigenvalue weighted by atomic mass is 79.9. The summed E-state index contributed by atoms with van der Waals surface area (Å²) in [5, 5.41) is 3.30. The maximum Gasteiger partial charge on any atom is 0.329 e. The Hall–Kier alpha value is -2.83. The van der Waals surface area contributed by atoms with Gasteiger partial charge in [-0.15, -0.1) is 0 Å². The number of benzene rings is 2. The van der Waals surface area contributed by atoms with Gasteiger partial charge in [0.1, 0.15) is 5.70 Å². The van der Waals surface area contributed by atoms with E-state index >= 15 is 0 Å². The zero-order chi connectivity index (χ0) is 21.4. The van der Waals surface area contributed by atoms with Crippen molar-refractivity contribution in [2.75, 3.05) is 0 Å². The third-order valence-corrected chi connectivity index (χ3v) is 5.85. The molecule has 0 atom stereocenters. The first-order valence-electron chi connectivity index (χ1n) is 9.37. The number of amides is 3. The molecule has 0 bridgehead atoms. The van der Waals surface area contributed by atoms with Crippen LogP contribution in [0.4, 0.5) is 4.79 Å². The standard InChI is InChI=1S/C23H19BrClN3O2/c1-14-11-17(15(2)28(14)20-9-5-18(24)6-10-20)12-21-22(29)27(23(30)26-21)13-16-3-7-19(25)8-4-16/h3-12H,13H2,1-2H3,(H,26,30). The number of rotatable bonds is 4. The van der Waals surface area contributed by atoms with E-state index in [1.807, 2.05) is 44.2 Å². The molecular formula is C23H19BrClN3O2. The summed E-state index contributed by atoms with van der Waals surface area (Å²) in [5.41, 5.74) is 5.04. The van der Waals surface area contributed by atoms with E-state index in [1.54, 1.807) is 30.3 Å². The van der Waals surface area contributed by atoms with Gasteiger partial charge in [0.05, 0.1) is 6.54 Å². The highest BCUT2D eigenvalue weighted by Gasteiger charge is 2.33. The Labute approximate surface area is 188 Å². The molecule has 0 radical (unpaired) electrons. The van der Waals surface area contributed by atoms with Gasteiger partial charge in [-0.1, -0.05) is 39.7 Å². The Morgan fingerprint density at radius 1 is 1.03 bits per heavy atom. The molecule has 0 aliphatic carbocycles. The molecule has 5 nitrogen and oxygen atoms in total. The molecule has 152 valence electrons. The van der Waals surface area contributed by atoms with Gasteiger partial charge in [-0.2, -0.15) is 0 Å². The molecule has 1 aliphatic heterocycles. The molecule has 0 saturated carbocycles. The van der Waals surface area contributed by atoms with Crippen molar-refractivity contribution in [1.82, 2.24) is 14.8 Å². The predicted molar refractivity (Wildman–Crippen MR) is 121 cm³/mol. The number of nitrogens with one attached hydrogen (secondary N) is 1. The van der Waals surface area contributed by atoms with Gasteiger partial charge in [0, 0.05) is 26.6 Å². The average Bonchev–Trinajstić information content (AvgIpc) is 3.14. The number of aromatic nitrogens is 1. The van der Waals surface area contributed by atoms with Crippen molar-refractivity contribution < 1.29 is 9.59 Å². The van der Waals surface area contributed by atoms with Gasteiger partial charge in [0.15, 0.2) is 0 Å². The number of hydrogen-bond acceptors (Lipinski definition) is 2. The minimum Gasteiger partial charge on any atom is -0.318 e. The summed E-state index contributed by atoms with van der Waals surface area (Å²) in [6, 6.07) is 16.7. The van der Waals surface area contributed by atoms with E-state index in [2.05, 4.69) is 25.8 Å². The fourth-order valence-electron chi connectivity index (χ4n) is 3.56. The molecule has 2 heterocycles.